The molecule has 2 atom stereocenters. The summed E-state index contributed by atoms with van der Waals surface area (Å²) >= 11 is 1.51. The Morgan fingerprint density at radius 3 is 2.73 bits per heavy atom. The molecule has 1 fully saturated rings. The smallest absolute Gasteiger partial charge is 0.258 e. The SMILES string of the molecule is C=C(C)CN=c1scc(-c2ccc([N+](=O)[O-])cc2)n1N=CC1=CCC2CC1C2(C)C. The minimum atomic E-state index is -0.388. The van der Waals surface area contributed by atoms with Crippen molar-refractivity contribution >= 4 is 23.2 Å². The predicted molar refractivity (Wildman–Crippen MR) is 122 cm³/mol. The molecule has 2 unspecified atom stereocenters. The van der Waals surface area contributed by atoms with Crippen LogP contribution >= 0.6 is 11.3 Å². The molecule has 6 nitrogen and oxygen atoms in total. The first kappa shape index (κ1) is 20.5. The lowest BCUT2D eigenvalue weighted by Gasteiger charge is -2.55. The average Bonchev–Trinajstić information content (AvgIpc) is 3.13. The summed E-state index contributed by atoms with van der Waals surface area (Å²) in [6.45, 7) is 11.1. The van der Waals surface area contributed by atoms with Crippen molar-refractivity contribution in [1.29, 1.82) is 0 Å². The molecule has 1 heterocycles. The van der Waals surface area contributed by atoms with E-state index in [1.54, 1.807) is 12.1 Å². The van der Waals surface area contributed by atoms with Crippen LogP contribution in [0.3, 0.4) is 0 Å². The van der Waals surface area contributed by atoms with Crippen molar-refractivity contribution in [1.82, 2.24) is 4.68 Å². The van der Waals surface area contributed by atoms with E-state index >= 15 is 0 Å². The standard InChI is InChI=1S/C23H26N4O2S/c1-15(2)12-24-22-26(25-13-17-5-8-18-11-20(17)23(18,3)4)21(14-30-22)16-6-9-19(10-7-16)27(28)29/h5-7,9-10,13-14,18,20H,1,8,11-12H2,2-4H3. The van der Waals surface area contributed by atoms with Gasteiger partial charge in [-0.2, -0.15) is 5.10 Å². The predicted octanol–water partition coefficient (Wildman–Crippen LogP) is 5.43. The Labute approximate surface area is 180 Å². The van der Waals surface area contributed by atoms with E-state index < -0.39 is 0 Å². The summed E-state index contributed by atoms with van der Waals surface area (Å²) in [5.41, 5.74) is 4.42. The van der Waals surface area contributed by atoms with Crippen LogP contribution in [0.1, 0.15) is 33.6 Å². The van der Waals surface area contributed by atoms with Crippen LogP contribution in [0.4, 0.5) is 5.69 Å². The molecule has 0 amide bonds. The van der Waals surface area contributed by atoms with Gasteiger partial charge in [-0.05, 0) is 54.7 Å². The van der Waals surface area contributed by atoms with Crippen molar-refractivity contribution in [2.45, 2.75) is 33.6 Å². The van der Waals surface area contributed by atoms with Gasteiger partial charge in [-0.3, -0.25) is 15.1 Å². The Kier molecular flexibility index (Phi) is 5.32. The maximum absolute atomic E-state index is 11.0. The second-order valence-electron chi connectivity index (χ2n) is 8.78. The molecule has 1 aromatic heterocycles. The van der Waals surface area contributed by atoms with E-state index in [1.807, 2.05) is 23.2 Å². The third kappa shape index (κ3) is 3.69. The highest BCUT2D eigenvalue weighted by atomic mass is 32.1. The number of hydrogen-bond acceptors (Lipinski definition) is 5. The summed E-state index contributed by atoms with van der Waals surface area (Å²) in [6.07, 6.45) is 6.64. The topological polar surface area (TPSA) is 72.8 Å². The zero-order chi connectivity index (χ0) is 21.5. The van der Waals surface area contributed by atoms with Crippen molar-refractivity contribution in [2.24, 2.45) is 27.3 Å². The summed E-state index contributed by atoms with van der Waals surface area (Å²) in [5.74, 6) is 1.34. The number of nitro benzene ring substituents is 1. The molecule has 0 radical (unpaired) electrons. The highest BCUT2D eigenvalue weighted by Crippen LogP contribution is 2.58. The fourth-order valence-electron chi connectivity index (χ4n) is 4.34. The number of fused-ring (bicyclic) bond motifs is 1. The average molecular weight is 423 g/mol. The van der Waals surface area contributed by atoms with Crippen LogP contribution < -0.4 is 4.80 Å². The largest absolute Gasteiger partial charge is 0.269 e. The number of aromatic nitrogens is 1. The zero-order valence-electron chi connectivity index (χ0n) is 17.5. The van der Waals surface area contributed by atoms with Crippen LogP contribution in [0.5, 0.6) is 0 Å². The van der Waals surface area contributed by atoms with Crippen molar-refractivity contribution in [3.63, 3.8) is 0 Å². The normalized spacial score (nSPS) is 22.6. The second kappa shape index (κ2) is 7.80. The number of thiazole rings is 1. The van der Waals surface area contributed by atoms with Crippen LogP contribution in [0.15, 0.2) is 63.5 Å². The van der Waals surface area contributed by atoms with E-state index in [1.165, 1.54) is 35.5 Å². The lowest BCUT2D eigenvalue weighted by molar-refractivity contribution is -0.384. The van der Waals surface area contributed by atoms with Crippen molar-refractivity contribution < 1.29 is 4.92 Å². The van der Waals surface area contributed by atoms with Crippen molar-refractivity contribution in [3.8, 4) is 11.3 Å². The highest BCUT2D eigenvalue weighted by molar-refractivity contribution is 7.07. The van der Waals surface area contributed by atoms with E-state index in [0.29, 0.717) is 17.9 Å². The molecule has 0 N–H and O–H groups in total. The van der Waals surface area contributed by atoms with Gasteiger partial charge in [0.25, 0.3) is 5.69 Å². The quantitative estimate of drug-likeness (QED) is 0.269. The molecular formula is C23H26N4O2S. The fourth-order valence-corrected chi connectivity index (χ4v) is 5.18. The van der Waals surface area contributed by atoms with Gasteiger partial charge in [-0.25, -0.2) is 4.68 Å². The fraction of sp³-hybridized carbons (Fsp3) is 0.391. The number of allylic oxidation sites excluding steroid dienone is 2. The molecule has 30 heavy (non-hydrogen) atoms. The summed E-state index contributed by atoms with van der Waals surface area (Å²) in [4.78, 5) is 16.0. The lowest BCUT2D eigenvalue weighted by Crippen LogP contribution is -2.48. The van der Waals surface area contributed by atoms with Gasteiger partial charge in [0.15, 0.2) is 0 Å². The van der Waals surface area contributed by atoms with Crippen LogP contribution in [-0.4, -0.2) is 22.4 Å². The minimum Gasteiger partial charge on any atom is -0.258 e. The third-order valence-electron chi connectivity index (χ3n) is 6.38. The molecule has 3 aliphatic carbocycles. The van der Waals surface area contributed by atoms with E-state index in [9.17, 15) is 10.1 Å². The maximum atomic E-state index is 11.0. The molecule has 5 rings (SSSR count). The molecule has 3 aliphatic rings. The van der Waals surface area contributed by atoms with E-state index in [2.05, 4.69) is 31.5 Å². The number of nitrogens with zero attached hydrogens (tertiary/aromatic N) is 4. The van der Waals surface area contributed by atoms with E-state index in [0.717, 1.165) is 34.0 Å². The molecule has 2 aromatic rings. The zero-order valence-corrected chi connectivity index (χ0v) is 18.4. The first-order chi connectivity index (χ1) is 14.3. The lowest BCUT2D eigenvalue weighted by atomic mass is 9.49. The molecule has 1 aromatic carbocycles. The van der Waals surface area contributed by atoms with Crippen LogP contribution in [-0.2, 0) is 0 Å². The van der Waals surface area contributed by atoms with Gasteiger partial charge in [0.2, 0.25) is 4.80 Å². The van der Waals surface area contributed by atoms with Gasteiger partial charge in [-0.1, -0.05) is 32.1 Å². The van der Waals surface area contributed by atoms with Gasteiger partial charge in [0, 0.05) is 23.1 Å². The van der Waals surface area contributed by atoms with Gasteiger partial charge >= 0.3 is 0 Å². The van der Waals surface area contributed by atoms with Crippen LogP contribution in [0, 0.1) is 27.4 Å². The number of non-ortho nitro benzene ring substituents is 1. The van der Waals surface area contributed by atoms with Gasteiger partial charge in [0.1, 0.15) is 0 Å². The number of hydrogen-bond donors (Lipinski definition) is 0. The van der Waals surface area contributed by atoms with E-state index in [4.69, 9.17) is 5.10 Å². The van der Waals surface area contributed by atoms with E-state index in [-0.39, 0.29) is 10.6 Å². The summed E-state index contributed by atoms with van der Waals surface area (Å²) < 4.78 is 1.84. The summed E-state index contributed by atoms with van der Waals surface area (Å²) in [5, 5.41) is 17.8. The highest BCUT2D eigenvalue weighted by Gasteiger charge is 2.50. The third-order valence-corrected chi connectivity index (χ3v) is 7.23. The Bertz CT molecular complexity index is 1120. The van der Waals surface area contributed by atoms with Gasteiger partial charge in [0.05, 0.1) is 23.4 Å². The Hall–Kier alpha value is -2.80. The Balaban J connectivity index is 1.72. The molecule has 0 aliphatic heterocycles. The van der Waals surface area contributed by atoms with Gasteiger partial charge in [-0.15, -0.1) is 11.3 Å². The molecular weight excluding hydrogens is 396 g/mol. The minimum absolute atomic E-state index is 0.0744. The number of rotatable bonds is 6. The molecule has 7 heteroatoms. The monoisotopic (exact) mass is 422 g/mol. The molecule has 156 valence electrons. The second-order valence-corrected chi connectivity index (χ2v) is 9.62. The summed E-state index contributed by atoms with van der Waals surface area (Å²) in [6, 6.07) is 6.56. The van der Waals surface area contributed by atoms with Crippen LogP contribution in [0.25, 0.3) is 11.3 Å². The van der Waals surface area contributed by atoms with Gasteiger partial charge < -0.3 is 0 Å². The van der Waals surface area contributed by atoms with Crippen molar-refractivity contribution in [2.75, 3.05) is 6.54 Å². The molecule has 0 spiro atoms. The van der Waals surface area contributed by atoms with Crippen molar-refractivity contribution in [3.05, 3.63) is 68.4 Å². The molecule has 0 saturated heterocycles. The Morgan fingerprint density at radius 2 is 2.13 bits per heavy atom. The maximum Gasteiger partial charge on any atom is 0.269 e. The van der Waals surface area contributed by atoms with Crippen LogP contribution in [0.2, 0.25) is 0 Å². The first-order valence-electron chi connectivity index (χ1n) is 10.1. The molecule has 1 saturated carbocycles. The summed E-state index contributed by atoms with van der Waals surface area (Å²) in [7, 11) is 0. The molecule has 2 bridgehead atoms. The number of nitro groups is 1. The first-order valence-corrected chi connectivity index (χ1v) is 11.0. The Morgan fingerprint density at radius 1 is 1.40 bits per heavy atom. The number of benzene rings is 1.